The molecule has 1 aromatic rings. The van der Waals surface area contributed by atoms with Crippen molar-refractivity contribution in [3.05, 3.63) is 29.3 Å². The maximum Gasteiger partial charge on any atom is 0.124 e. The van der Waals surface area contributed by atoms with E-state index < -0.39 is 0 Å². The van der Waals surface area contributed by atoms with E-state index in [2.05, 4.69) is 0 Å². The van der Waals surface area contributed by atoms with Crippen LogP contribution in [-0.4, -0.2) is 22.4 Å². The third kappa shape index (κ3) is 2.25. The van der Waals surface area contributed by atoms with Gasteiger partial charge in [-0.3, -0.25) is 0 Å². The number of aliphatic hydroxyl groups is 2. The topological polar surface area (TPSA) is 49.7 Å². The predicted molar refractivity (Wildman–Crippen MR) is 68.6 cm³/mol. The second kappa shape index (κ2) is 4.90. The summed E-state index contributed by atoms with van der Waals surface area (Å²) in [6, 6.07) is 5.91. The Balaban J connectivity index is 1.77. The smallest absolute Gasteiger partial charge is 0.124 e. The van der Waals surface area contributed by atoms with E-state index in [-0.39, 0.29) is 18.3 Å². The molecular weight excluding hydrogens is 228 g/mol. The minimum absolute atomic E-state index is 0.0587. The Kier molecular flexibility index (Phi) is 3.27. The van der Waals surface area contributed by atoms with Crippen molar-refractivity contribution in [2.24, 2.45) is 0 Å². The summed E-state index contributed by atoms with van der Waals surface area (Å²) in [5, 5.41) is 19.7. The first-order chi connectivity index (χ1) is 8.74. The van der Waals surface area contributed by atoms with Gasteiger partial charge in [0.1, 0.15) is 11.9 Å². The number of rotatable bonds is 2. The molecule has 0 heterocycles. The zero-order valence-corrected chi connectivity index (χ0v) is 10.5. The average Bonchev–Trinajstić information content (AvgIpc) is 2.75. The third-order valence-corrected chi connectivity index (χ3v) is 4.10. The third-order valence-electron chi connectivity index (χ3n) is 4.10. The molecular formula is C15H20O3. The van der Waals surface area contributed by atoms with Crippen LogP contribution in [-0.2, 0) is 6.42 Å². The van der Waals surface area contributed by atoms with Gasteiger partial charge in [-0.2, -0.15) is 0 Å². The highest BCUT2D eigenvalue weighted by Gasteiger charge is 2.27. The van der Waals surface area contributed by atoms with Gasteiger partial charge in [-0.1, -0.05) is 6.07 Å². The van der Waals surface area contributed by atoms with Crippen molar-refractivity contribution >= 4 is 0 Å². The molecule has 1 saturated carbocycles. The molecule has 0 radical (unpaired) electrons. The number of benzene rings is 1. The fourth-order valence-corrected chi connectivity index (χ4v) is 3.06. The Morgan fingerprint density at radius 3 is 2.72 bits per heavy atom. The maximum atomic E-state index is 9.90. The molecule has 3 atom stereocenters. The van der Waals surface area contributed by atoms with Crippen LogP contribution in [0.15, 0.2) is 18.2 Å². The summed E-state index contributed by atoms with van der Waals surface area (Å²) in [6.45, 7) is 0. The highest BCUT2D eigenvalue weighted by atomic mass is 16.5. The summed E-state index contributed by atoms with van der Waals surface area (Å²) in [6.07, 6.45) is 5.00. The number of aliphatic hydroxyl groups excluding tert-OH is 2. The summed E-state index contributed by atoms with van der Waals surface area (Å²) in [5.41, 5.74) is 2.24. The first kappa shape index (κ1) is 12.0. The van der Waals surface area contributed by atoms with E-state index in [0.29, 0.717) is 0 Å². The summed E-state index contributed by atoms with van der Waals surface area (Å²) < 4.78 is 5.86. The minimum Gasteiger partial charge on any atom is -0.488 e. The normalized spacial score (nSPS) is 31.1. The van der Waals surface area contributed by atoms with Crippen molar-refractivity contribution in [3.63, 3.8) is 0 Å². The lowest BCUT2D eigenvalue weighted by atomic mass is 9.89. The second-order valence-corrected chi connectivity index (χ2v) is 5.42. The van der Waals surface area contributed by atoms with Gasteiger partial charge in [0, 0.05) is 0 Å². The Morgan fingerprint density at radius 2 is 1.94 bits per heavy atom. The van der Waals surface area contributed by atoms with Crippen molar-refractivity contribution in [3.8, 4) is 5.75 Å². The van der Waals surface area contributed by atoms with Gasteiger partial charge >= 0.3 is 0 Å². The number of hydrogen-bond acceptors (Lipinski definition) is 3. The average molecular weight is 248 g/mol. The van der Waals surface area contributed by atoms with E-state index in [9.17, 15) is 10.2 Å². The standard InChI is InChI=1S/C15H20O3/c16-13-4-1-3-10-9-11(7-8-12(10)13)18-15-6-2-5-14(15)17/h7-9,13-17H,1-6H2. The molecule has 18 heavy (non-hydrogen) atoms. The largest absolute Gasteiger partial charge is 0.488 e. The molecule has 3 heteroatoms. The summed E-state index contributed by atoms with van der Waals surface area (Å²) in [7, 11) is 0. The Morgan fingerprint density at radius 1 is 1.06 bits per heavy atom. The summed E-state index contributed by atoms with van der Waals surface area (Å²) in [5.74, 6) is 0.828. The quantitative estimate of drug-likeness (QED) is 0.844. The lowest BCUT2D eigenvalue weighted by Crippen LogP contribution is -2.25. The molecule has 3 unspecified atom stereocenters. The molecule has 2 N–H and O–H groups in total. The monoisotopic (exact) mass is 248 g/mol. The van der Waals surface area contributed by atoms with Crippen molar-refractivity contribution in [2.75, 3.05) is 0 Å². The fourth-order valence-electron chi connectivity index (χ4n) is 3.06. The molecule has 0 bridgehead atoms. The molecule has 2 aliphatic rings. The van der Waals surface area contributed by atoms with Crippen molar-refractivity contribution < 1.29 is 14.9 Å². The minimum atomic E-state index is -0.327. The van der Waals surface area contributed by atoms with Gasteiger partial charge in [0.2, 0.25) is 0 Å². The first-order valence-corrected chi connectivity index (χ1v) is 6.89. The van der Waals surface area contributed by atoms with E-state index in [1.807, 2.05) is 18.2 Å². The van der Waals surface area contributed by atoms with Crippen molar-refractivity contribution in [1.29, 1.82) is 0 Å². The highest BCUT2D eigenvalue weighted by molar-refractivity contribution is 5.38. The summed E-state index contributed by atoms with van der Waals surface area (Å²) >= 11 is 0. The number of fused-ring (bicyclic) bond motifs is 1. The Labute approximate surface area is 107 Å². The second-order valence-electron chi connectivity index (χ2n) is 5.42. The lowest BCUT2D eigenvalue weighted by Gasteiger charge is -2.23. The van der Waals surface area contributed by atoms with Crippen LogP contribution in [0.3, 0.4) is 0 Å². The predicted octanol–water partition coefficient (Wildman–Crippen LogP) is 2.35. The SMILES string of the molecule is OC1CCCc2cc(OC3CCCC3O)ccc21. The molecule has 0 aromatic heterocycles. The van der Waals surface area contributed by atoms with Gasteiger partial charge in [-0.05, 0) is 61.8 Å². The Bertz CT molecular complexity index is 430. The molecule has 98 valence electrons. The van der Waals surface area contributed by atoms with Gasteiger partial charge in [0.25, 0.3) is 0 Å². The van der Waals surface area contributed by atoms with E-state index in [0.717, 1.165) is 49.8 Å². The molecule has 2 aliphatic carbocycles. The van der Waals surface area contributed by atoms with Crippen molar-refractivity contribution in [1.82, 2.24) is 0 Å². The lowest BCUT2D eigenvalue weighted by molar-refractivity contribution is 0.0602. The molecule has 3 rings (SSSR count). The van der Waals surface area contributed by atoms with E-state index in [1.54, 1.807) is 0 Å². The van der Waals surface area contributed by atoms with Gasteiger partial charge in [-0.15, -0.1) is 0 Å². The summed E-state index contributed by atoms with van der Waals surface area (Å²) in [4.78, 5) is 0. The zero-order valence-electron chi connectivity index (χ0n) is 10.5. The molecule has 0 amide bonds. The molecule has 0 spiro atoms. The Hall–Kier alpha value is -1.06. The zero-order chi connectivity index (χ0) is 12.5. The van der Waals surface area contributed by atoms with Crippen LogP contribution in [0.25, 0.3) is 0 Å². The van der Waals surface area contributed by atoms with Crippen LogP contribution in [0.5, 0.6) is 5.75 Å². The van der Waals surface area contributed by atoms with Gasteiger partial charge < -0.3 is 14.9 Å². The fraction of sp³-hybridized carbons (Fsp3) is 0.600. The molecule has 1 fully saturated rings. The van der Waals surface area contributed by atoms with E-state index in [1.165, 1.54) is 5.56 Å². The van der Waals surface area contributed by atoms with Crippen LogP contribution < -0.4 is 4.74 Å². The molecule has 3 nitrogen and oxygen atoms in total. The van der Waals surface area contributed by atoms with Gasteiger partial charge in [0.15, 0.2) is 0 Å². The van der Waals surface area contributed by atoms with Gasteiger partial charge in [-0.25, -0.2) is 0 Å². The van der Waals surface area contributed by atoms with Crippen LogP contribution in [0.2, 0.25) is 0 Å². The van der Waals surface area contributed by atoms with Crippen LogP contribution in [0.4, 0.5) is 0 Å². The number of ether oxygens (including phenoxy) is 1. The molecule has 0 aliphatic heterocycles. The maximum absolute atomic E-state index is 9.90. The molecule has 1 aromatic carbocycles. The van der Waals surface area contributed by atoms with Gasteiger partial charge in [0.05, 0.1) is 12.2 Å². The van der Waals surface area contributed by atoms with Crippen LogP contribution in [0, 0.1) is 0 Å². The van der Waals surface area contributed by atoms with Crippen LogP contribution in [0.1, 0.15) is 49.3 Å². The number of hydrogen-bond donors (Lipinski definition) is 2. The molecule has 0 saturated heterocycles. The first-order valence-electron chi connectivity index (χ1n) is 6.89. The van der Waals surface area contributed by atoms with E-state index in [4.69, 9.17) is 4.74 Å². The highest BCUT2D eigenvalue weighted by Crippen LogP contribution is 2.33. The van der Waals surface area contributed by atoms with Crippen LogP contribution >= 0.6 is 0 Å². The van der Waals surface area contributed by atoms with E-state index >= 15 is 0 Å². The number of aryl methyl sites for hydroxylation is 1. The van der Waals surface area contributed by atoms with Crippen molar-refractivity contribution in [2.45, 2.75) is 56.8 Å².